The highest BCUT2D eigenvalue weighted by Crippen LogP contribution is 2.28. The Hall–Kier alpha value is -0.970. The molecule has 92 valence electrons. The topological polar surface area (TPSA) is 33.4 Å². The maximum Gasteiger partial charge on any atom is 0.389 e. The zero-order valence-corrected chi connectivity index (χ0v) is 9.05. The lowest BCUT2D eigenvalue weighted by atomic mass is 10.0. The van der Waals surface area contributed by atoms with Crippen LogP contribution in [0.25, 0.3) is 0 Å². The summed E-state index contributed by atoms with van der Waals surface area (Å²) < 4.78 is 40.8. The van der Waals surface area contributed by atoms with Gasteiger partial charge in [0.2, 0.25) is 0 Å². The fraction of sp³-hybridized carbons (Fsp3) is 0.636. The largest absolute Gasteiger partial charge is 0.469 e. The Bertz CT molecular complexity index is 317. The van der Waals surface area contributed by atoms with Crippen LogP contribution in [0.15, 0.2) is 16.7 Å². The fourth-order valence-electron chi connectivity index (χ4n) is 1.59. The highest BCUT2D eigenvalue weighted by Gasteiger charge is 2.27. The molecular formula is C11H15F3O2. The predicted molar refractivity (Wildman–Crippen MR) is 53.0 cm³/mol. The summed E-state index contributed by atoms with van der Waals surface area (Å²) in [6, 6.07) is 1.61. The molecule has 1 aromatic heterocycles. The number of aliphatic hydroxyl groups excluding tert-OH is 1. The van der Waals surface area contributed by atoms with Crippen LogP contribution < -0.4 is 0 Å². The van der Waals surface area contributed by atoms with Crippen LogP contribution in [-0.4, -0.2) is 11.3 Å². The average molecular weight is 236 g/mol. The Balaban J connectivity index is 2.44. The van der Waals surface area contributed by atoms with Gasteiger partial charge in [0, 0.05) is 18.4 Å². The van der Waals surface area contributed by atoms with Gasteiger partial charge in [-0.15, -0.1) is 0 Å². The summed E-state index contributed by atoms with van der Waals surface area (Å²) in [6.45, 7) is 1.87. The van der Waals surface area contributed by atoms with E-state index >= 15 is 0 Å². The SMILES string of the molecule is CCc1occc1C(O)CCCC(F)(F)F. The van der Waals surface area contributed by atoms with Gasteiger partial charge in [-0.2, -0.15) is 13.2 Å². The van der Waals surface area contributed by atoms with E-state index in [1.807, 2.05) is 6.92 Å². The summed E-state index contributed by atoms with van der Waals surface area (Å²) in [5.41, 5.74) is 0.602. The minimum absolute atomic E-state index is 0.0704. The summed E-state index contributed by atoms with van der Waals surface area (Å²) in [5, 5.41) is 9.69. The normalized spacial score (nSPS) is 14.1. The van der Waals surface area contributed by atoms with Crippen molar-refractivity contribution < 1.29 is 22.7 Å². The molecule has 1 unspecified atom stereocenters. The van der Waals surface area contributed by atoms with Crippen LogP contribution in [-0.2, 0) is 6.42 Å². The van der Waals surface area contributed by atoms with Crippen molar-refractivity contribution in [2.24, 2.45) is 0 Å². The van der Waals surface area contributed by atoms with Gasteiger partial charge in [0.15, 0.2) is 0 Å². The number of hydrogen-bond acceptors (Lipinski definition) is 2. The van der Waals surface area contributed by atoms with Crippen molar-refractivity contribution in [1.82, 2.24) is 0 Å². The van der Waals surface area contributed by atoms with E-state index in [2.05, 4.69) is 0 Å². The van der Waals surface area contributed by atoms with Crippen LogP contribution in [0.5, 0.6) is 0 Å². The Labute approximate surface area is 92.1 Å². The first-order valence-electron chi connectivity index (χ1n) is 5.25. The molecule has 1 heterocycles. The van der Waals surface area contributed by atoms with Gasteiger partial charge in [-0.1, -0.05) is 6.92 Å². The van der Waals surface area contributed by atoms with Crippen LogP contribution in [0.1, 0.15) is 43.6 Å². The molecule has 0 radical (unpaired) electrons. The molecule has 0 aliphatic rings. The Kier molecular flexibility index (Phi) is 4.41. The van der Waals surface area contributed by atoms with Crippen LogP contribution in [0.3, 0.4) is 0 Å². The van der Waals surface area contributed by atoms with Crippen LogP contribution in [0.4, 0.5) is 13.2 Å². The molecule has 0 amide bonds. The molecule has 16 heavy (non-hydrogen) atoms. The van der Waals surface area contributed by atoms with E-state index < -0.39 is 18.7 Å². The lowest BCUT2D eigenvalue weighted by Crippen LogP contribution is -2.08. The monoisotopic (exact) mass is 236 g/mol. The van der Waals surface area contributed by atoms with Crippen LogP contribution in [0, 0.1) is 0 Å². The molecule has 0 aliphatic heterocycles. The smallest absolute Gasteiger partial charge is 0.389 e. The summed E-state index contributed by atoms with van der Waals surface area (Å²) in [6.07, 6.45) is -3.77. The first kappa shape index (κ1) is 13.1. The minimum atomic E-state index is -4.15. The maximum absolute atomic E-state index is 11.9. The van der Waals surface area contributed by atoms with Crippen molar-refractivity contribution >= 4 is 0 Å². The Morgan fingerprint density at radius 3 is 2.69 bits per heavy atom. The highest BCUT2D eigenvalue weighted by molar-refractivity contribution is 5.19. The molecule has 2 nitrogen and oxygen atoms in total. The quantitative estimate of drug-likeness (QED) is 0.847. The standard InChI is InChI=1S/C11H15F3O2/c1-2-10-8(5-7-16-10)9(15)4-3-6-11(12,13)14/h5,7,9,15H,2-4,6H2,1H3. The Morgan fingerprint density at radius 2 is 2.12 bits per heavy atom. The van der Waals surface area contributed by atoms with Crippen LogP contribution >= 0.6 is 0 Å². The molecule has 0 saturated carbocycles. The first-order valence-corrected chi connectivity index (χ1v) is 5.25. The summed E-state index contributed by atoms with van der Waals surface area (Å²) in [5.74, 6) is 0.638. The lowest BCUT2D eigenvalue weighted by molar-refractivity contribution is -0.136. The molecule has 0 saturated heterocycles. The third-order valence-corrected chi connectivity index (χ3v) is 2.40. The van der Waals surface area contributed by atoms with Gasteiger partial charge in [-0.3, -0.25) is 0 Å². The summed E-state index contributed by atoms with van der Waals surface area (Å²) in [7, 11) is 0. The van der Waals surface area contributed by atoms with E-state index in [-0.39, 0.29) is 12.8 Å². The number of halogens is 3. The van der Waals surface area contributed by atoms with Gasteiger partial charge in [-0.05, 0) is 18.9 Å². The zero-order chi connectivity index (χ0) is 12.2. The molecule has 0 spiro atoms. The third-order valence-electron chi connectivity index (χ3n) is 2.40. The number of furan rings is 1. The molecule has 0 bridgehead atoms. The van der Waals surface area contributed by atoms with Crippen molar-refractivity contribution in [3.05, 3.63) is 23.7 Å². The second-order valence-corrected chi connectivity index (χ2v) is 3.68. The van der Waals surface area contributed by atoms with Crippen molar-refractivity contribution in [3.8, 4) is 0 Å². The molecule has 1 atom stereocenters. The molecular weight excluding hydrogens is 221 g/mol. The predicted octanol–water partition coefficient (Wildman–Crippen LogP) is 3.61. The van der Waals surface area contributed by atoms with Crippen molar-refractivity contribution in [2.75, 3.05) is 0 Å². The third kappa shape index (κ3) is 3.89. The molecule has 0 fully saturated rings. The molecule has 1 aromatic rings. The average Bonchev–Trinajstić information content (AvgIpc) is 2.63. The number of aryl methyl sites for hydroxylation is 1. The van der Waals surface area contributed by atoms with Crippen molar-refractivity contribution in [3.63, 3.8) is 0 Å². The minimum Gasteiger partial charge on any atom is -0.469 e. The highest BCUT2D eigenvalue weighted by atomic mass is 19.4. The molecule has 1 rings (SSSR count). The van der Waals surface area contributed by atoms with Crippen molar-refractivity contribution in [2.45, 2.75) is 44.9 Å². The van der Waals surface area contributed by atoms with Gasteiger partial charge in [0.25, 0.3) is 0 Å². The van der Waals surface area contributed by atoms with Gasteiger partial charge in [0.05, 0.1) is 12.4 Å². The fourth-order valence-corrected chi connectivity index (χ4v) is 1.59. The number of rotatable bonds is 5. The zero-order valence-electron chi connectivity index (χ0n) is 9.05. The summed E-state index contributed by atoms with van der Waals surface area (Å²) >= 11 is 0. The van der Waals surface area contributed by atoms with Gasteiger partial charge in [-0.25, -0.2) is 0 Å². The molecule has 0 aromatic carbocycles. The second-order valence-electron chi connectivity index (χ2n) is 3.68. The van der Waals surface area contributed by atoms with Gasteiger partial charge < -0.3 is 9.52 Å². The van der Waals surface area contributed by atoms with E-state index in [0.717, 1.165) is 0 Å². The van der Waals surface area contributed by atoms with E-state index in [9.17, 15) is 18.3 Å². The number of hydrogen-bond donors (Lipinski definition) is 1. The van der Waals surface area contributed by atoms with Gasteiger partial charge >= 0.3 is 6.18 Å². The summed E-state index contributed by atoms with van der Waals surface area (Å²) in [4.78, 5) is 0. The lowest BCUT2D eigenvalue weighted by Gasteiger charge is -2.11. The van der Waals surface area contributed by atoms with E-state index in [0.29, 0.717) is 17.7 Å². The van der Waals surface area contributed by atoms with Crippen molar-refractivity contribution in [1.29, 1.82) is 0 Å². The number of alkyl halides is 3. The van der Waals surface area contributed by atoms with E-state index in [1.165, 1.54) is 6.26 Å². The van der Waals surface area contributed by atoms with Crippen LogP contribution in [0.2, 0.25) is 0 Å². The Morgan fingerprint density at radius 1 is 1.44 bits per heavy atom. The van der Waals surface area contributed by atoms with Gasteiger partial charge in [0.1, 0.15) is 5.76 Å². The molecule has 1 N–H and O–H groups in total. The van der Waals surface area contributed by atoms with E-state index in [4.69, 9.17) is 4.42 Å². The molecule has 5 heteroatoms. The maximum atomic E-state index is 11.9. The first-order chi connectivity index (χ1) is 7.44. The molecule has 0 aliphatic carbocycles. The number of aliphatic hydroxyl groups is 1. The van der Waals surface area contributed by atoms with E-state index in [1.54, 1.807) is 6.07 Å². The second kappa shape index (κ2) is 5.39.